The molecule has 0 unspecified atom stereocenters. The molecule has 0 radical (unpaired) electrons. The third kappa shape index (κ3) is 20.7. The maximum Gasteiger partial charge on any atom is 3.00 e. The molecule has 0 saturated heterocycles. The zero-order valence-electron chi connectivity index (χ0n) is 55.2. The summed E-state index contributed by atoms with van der Waals surface area (Å²) in [6.07, 6.45) is 11.1. The number of hydrogen-bond donors (Lipinski definition) is 2. The van der Waals surface area contributed by atoms with Crippen molar-refractivity contribution in [1.82, 2.24) is 29.9 Å². The van der Waals surface area contributed by atoms with Gasteiger partial charge in [0.05, 0.1) is 11.3 Å². The number of aliphatic hydroxyl groups excluding tert-OH is 2. The number of para-hydroxylation sites is 3. The maximum atomic E-state index is 7.00. The number of pyridine rings is 6. The third-order valence-electron chi connectivity index (χ3n) is 14.8. The molecule has 0 amide bonds. The zero-order chi connectivity index (χ0) is 67.1. The van der Waals surface area contributed by atoms with E-state index in [4.69, 9.17) is 19.0 Å². The fourth-order valence-electron chi connectivity index (χ4n) is 9.93. The van der Waals surface area contributed by atoms with E-state index in [-0.39, 0.29) is 40.2 Å². The molecule has 16 aromatic rings. The normalized spacial score (nSPS) is 10.1. The summed E-state index contributed by atoms with van der Waals surface area (Å²) in [6.45, 7) is 8.69. The van der Waals surface area contributed by atoms with Gasteiger partial charge in [0.1, 0.15) is 16.7 Å². The molecular formula is C86H73Ir2N6O4+. The molecule has 0 spiro atoms. The van der Waals surface area contributed by atoms with Crippen molar-refractivity contribution in [1.29, 1.82) is 0 Å². The number of aliphatic hydroxyl groups is 2. The summed E-state index contributed by atoms with van der Waals surface area (Å²) in [6, 6.07) is 105. The summed E-state index contributed by atoms with van der Waals surface area (Å²) in [5.74, 6) is 0.969. The Kier molecular flexibility index (Phi) is 30.7. The van der Waals surface area contributed by atoms with Crippen LogP contribution < -0.4 is 0 Å². The van der Waals surface area contributed by atoms with E-state index < -0.39 is 0 Å². The van der Waals surface area contributed by atoms with Crippen LogP contribution in [0.1, 0.15) is 50.7 Å². The van der Waals surface area contributed by atoms with E-state index in [2.05, 4.69) is 136 Å². The third-order valence-corrected chi connectivity index (χ3v) is 14.8. The fourth-order valence-corrected chi connectivity index (χ4v) is 9.93. The molecule has 10 nitrogen and oxygen atoms in total. The van der Waals surface area contributed by atoms with Crippen molar-refractivity contribution in [2.24, 2.45) is 0 Å². The molecule has 488 valence electrons. The van der Waals surface area contributed by atoms with Gasteiger partial charge in [-0.1, -0.05) is 154 Å². The number of rotatable bonds is 8. The van der Waals surface area contributed by atoms with E-state index in [1.54, 1.807) is 24.8 Å². The summed E-state index contributed by atoms with van der Waals surface area (Å²) in [5.41, 5.74) is 17.9. The summed E-state index contributed by atoms with van der Waals surface area (Å²) < 4.78 is 12.1. The summed E-state index contributed by atoms with van der Waals surface area (Å²) in [7, 11) is 2.00. The van der Waals surface area contributed by atoms with Crippen LogP contribution in [0, 0.1) is 30.3 Å². The molecule has 0 bridgehead atoms. The number of nitrogens with zero attached hydrogens (tertiary/aromatic N) is 6. The van der Waals surface area contributed by atoms with Gasteiger partial charge in [-0.25, -0.2) is 0 Å². The molecule has 0 aliphatic carbocycles. The van der Waals surface area contributed by atoms with Gasteiger partial charge >= 0.3 is 40.2 Å². The summed E-state index contributed by atoms with van der Waals surface area (Å²) >= 11 is 0. The molecule has 0 saturated carbocycles. The van der Waals surface area contributed by atoms with Crippen LogP contribution in [0.2, 0.25) is 0 Å². The van der Waals surface area contributed by atoms with E-state index in [9.17, 15) is 0 Å². The van der Waals surface area contributed by atoms with Gasteiger partial charge < -0.3 is 44.0 Å². The Labute approximate surface area is 601 Å². The minimum absolute atomic E-state index is 0. The number of aromatic nitrogens is 6. The Hall–Kier alpha value is -10.5. The Balaban J connectivity index is 0.000000167. The van der Waals surface area contributed by atoms with Crippen LogP contribution in [0.15, 0.2) is 319 Å². The van der Waals surface area contributed by atoms with E-state index >= 15 is 0 Å². The number of fused-ring (bicyclic) bond motifs is 6. The summed E-state index contributed by atoms with van der Waals surface area (Å²) in [4.78, 5) is 26.1. The second-order valence-electron chi connectivity index (χ2n) is 21.7. The second-order valence-corrected chi connectivity index (χ2v) is 21.7. The minimum atomic E-state index is 0. The molecule has 0 aliphatic rings. The van der Waals surface area contributed by atoms with Crippen LogP contribution in [0.25, 0.3) is 111 Å². The van der Waals surface area contributed by atoms with Crippen molar-refractivity contribution in [2.75, 3.05) is 14.2 Å². The molecule has 98 heavy (non-hydrogen) atoms. The van der Waals surface area contributed by atoms with Gasteiger partial charge in [0.15, 0.2) is 0 Å². The maximum absolute atomic E-state index is 7.00. The van der Waals surface area contributed by atoms with Gasteiger partial charge in [-0.05, 0) is 100.0 Å². The Morgan fingerprint density at radius 1 is 0.286 bits per heavy atom. The SMILES string of the molecule is CC(C)c1ccc(-c2[c-]ccc3c2oc2ccccc23)nc1.CC(C)c1ccc(-c2cccc3c2oc2ccccc23)nc1.CO.CO.[Ir+3].[Ir+3].[c-]1ccccc1-c1ccccn1.[c-]1ccccc1-c1ccccn1.[c-]1ccccc1-c1ccccn1.[c-]1ccccc1-c1ccccn1. The molecular weight excluding hydrogens is 1570 g/mol. The van der Waals surface area contributed by atoms with Gasteiger partial charge in [-0.2, -0.15) is 0 Å². The number of benzene rings is 8. The van der Waals surface area contributed by atoms with Crippen molar-refractivity contribution in [3.63, 3.8) is 0 Å². The van der Waals surface area contributed by atoms with E-state index in [0.717, 1.165) is 126 Å². The predicted molar refractivity (Wildman–Crippen MR) is 391 cm³/mol. The van der Waals surface area contributed by atoms with E-state index in [1.165, 1.54) is 11.1 Å². The number of furan rings is 2. The van der Waals surface area contributed by atoms with Crippen LogP contribution in [-0.2, 0) is 40.2 Å². The average molecular weight is 1640 g/mol. The molecule has 0 fully saturated rings. The molecule has 0 atom stereocenters. The van der Waals surface area contributed by atoms with Crippen molar-refractivity contribution in [2.45, 2.75) is 39.5 Å². The molecule has 2 N–H and O–H groups in total. The number of hydrogen-bond acceptors (Lipinski definition) is 10. The quantitative estimate of drug-likeness (QED) is 0.141. The predicted octanol–water partition coefficient (Wildman–Crippen LogP) is 20.8. The smallest absolute Gasteiger partial charge is 0.501 e. The van der Waals surface area contributed by atoms with Crippen molar-refractivity contribution in [3.8, 4) is 67.5 Å². The first-order chi connectivity index (χ1) is 47.3. The minimum Gasteiger partial charge on any atom is -0.501 e. The largest absolute Gasteiger partial charge is 3.00 e. The first-order valence-corrected chi connectivity index (χ1v) is 31.4. The van der Waals surface area contributed by atoms with Crippen molar-refractivity contribution >= 4 is 43.9 Å². The van der Waals surface area contributed by atoms with Gasteiger partial charge in [0.25, 0.3) is 0 Å². The Morgan fingerprint density at radius 2 is 0.633 bits per heavy atom. The first-order valence-electron chi connectivity index (χ1n) is 31.4. The van der Waals surface area contributed by atoms with Crippen molar-refractivity contribution in [3.05, 3.63) is 352 Å². The first kappa shape index (κ1) is 74.9. The molecule has 0 aliphatic heterocycles. The second kappa shape index (κ2) is 40.1. The standard InChI is InChI=1S/C20H17NO.C20H16NO.4C11H8N.2CH4O.2Ir/c2*1-13(2)14-10-11-18(21-12-14)17-8-5-7-16-15-6-3-4-9-19(15)22-20(16)17;4*1-2-6-10(7-3-1)11-8-4-5-9-12-11;2*1-2;;/h3-13H,1-2H3;3-7,9-13H,1-2H3;4*1-6,8-9H;2*2H,1H3;;/q;5*-1;;;2*+3. The van der Waals surface area contributed by atoms with Crippen LogP contribution in [0.3, 0.4) is 0 Å². The van der Waals surface area contributed by atoms with Gasteiger partial charge in [-0.15, -0.1) is 162 Å². The van der Waals surface area contributed by atoms with Gasteiger partial charge in [0.2, 0.25) is 0 Å². The molecule has 8 aromatic heterocycles. The van der Waals surface area contributed by atoms with Crippen LogP contribution in [0.5, 0.6) is 0 Å². The van der Waals surface area contributed by atoms with E-state index in [0.29, 0.717) is 11.8 Å². The van der Waals surface area contributed by atoms with Gasteiger partial charge in [0, 0.05) is 73.1 Å². The van der Waals surface area contributed by atoms with Gasteiger partial charge in [-0.3, -0.25) is 4.98 Å². The Morgan fingerprint density at radius 3 is 0.980 bits per heavy atom. The van der Waals surface area contributed by atoms with Crippen LogP contribution in [0.4, 0.5) is 0 Å². The summed E-state index contributed by atoms with van der Waals surface area (Å²) in [5, 5.41) is 18.5. The Bertz CT molecular complexity index is 4220. The molecule has 8 heterocycles. The van der Waals surface area contributed by atoms with Crippen LogP contribution >= 0.6 is 0 Å². The monoisotopic (exact) mass is 1640 g/mol. The molecule has 16 rings (SSSR count). The topological polar surface area (TPSA) is 144 Å². The molecule has 12 heteroatoms. The average Bonchev–Trinajstić information content (AvgIpc) is 1.64. The fraction of sp³-hybridized carbons (Fsp3) is 0.0930. The van der Waals surface area contributed by atoms with Crippen molar-refractivity contribution < 1.29 is 59.3 Å². The molecule has 8 aromatic carbocycles. The van der Waals surface area contributed by atoms with Crippen LogP contribution in [-0.4, -0.2) is 54.3 Å². The van der Waals surface area contributed by atoms with E-state index in [1.807, 2.05) is 237 Å². The zero-order valence-corrected chi connectivity index (χ0v) is 60.0.